The highest BCUT2D eigenvalue weighted by Gasteiger charge is 2.48. The van der Waals surface area contributed by atoms with E-state index in [2.05, 4.69) is 0 Å². The van der Waals surface area contributed by atoms with Gasteiger partial charge in [0.05, 0.1) is 45.0 Å². The van der Waals surface area contributed by atoms with E-state index in [4.69, 9.17) is 23.9 Å². The van der Waals surface area contributed by atoms with Gasteiger partial charge in [-0.2, -0.15) is 0 Å². The number of methoxy groups -OCH3 is 3. The second kappa shape index (κ2) is 11.1. The molecule has 0 aliphatic carbocycles. The van der Waals surface area contributed by atoms with Gasteiger partial charge >= 0.3 is 5.97 Å². The summed E-state index contributed by atoms with van der Waals surface area (Å²) in [5.41, 5.74) is 3.21. The Morgan fingerprint density at radius 1 is 0.923 bits per heavy atom. The van der Waals surface area contributed by atoms with Crippen molar-refractivity contribution in [2.24, 2.45) is 5.92 Å². The first-order valence-corrected chi connectivity index (χ1v) is 12.8. The maximum atomic E-state index is 14.2. The van der Waals surface area contributed by atoms with Crippen LogP contribution in [0.5, 0.6) is 17.2 Å². The number of imidazole rings is 1. The molecule has 2 heterocycles. The topological polar surface area (TPSA) is 92.1 Å². The number of benzene rings is 3. The predicted molar refractivity (Wildman–Crippen MR) is 147 cm³/mol. The summed E-state index contributed by atoms with van der Waals surface area (Å²) in [5.74, 6) is -0.414. The summed E-state index contributed by atoms with van der Waals surface area (Å²) in [4.78, 5) is 34.2. The van der Waals surface area contributed by atoms with Crippen LogP contribution in [0.15, 0.2) is 66.7 Å². The second-order valence-electron chi connectivity index (χ2n) is 9.13. The molecular weight excluding hydrogens is 498 g/mol. The predicted octanol–water partition coefficient (Wildman–Crippen LogP) is 4.42. The van der Waals surface area contributed by atoms with Crippen molar-refractivity contribution in [3.63, 3.8) is 0 Å². The normalized spacial score (nSPS) is 16.6. The molecule has 0 radical (unpaired) electrons. The third-order valence-corrected chi connectivity index (χ3v) is 6.98. The molecule has 0 saturated heterocycles. The number of hydrogen-bond donors (Lipinski definition) is 0. The fourth-order valence-electron chi connectivity index (χ4n) is 5.22. The Balaban J connectivity index is 1.73. The lowest BCUT2D eigenvalue weighted by molar-refractivity contribution is -0.153. The standard InChI is InChI=1S/C30H31N3O6/c1-5-39-29(35)25-26(20-17-23(36-2)27(38-4)24(18-20)37-3)33-22-14-10-9-13-21(22)31-30(33)32(28(25)34)16-15-19-11-7-6-8-12-19/h6-14,17-18,25-26H,5,15-16H2,1-4H3. The van der Waals surface area contributed by atoms with E-state index in [1.54, 1.807) is 24.0 Å². The lowest BCUT2D eigenvalue weighted by Crippen LogP contribution is -2.50. The largest absolute Gasteiger partial charge is 0.493 e. The minimum atomic E-state index is -1.16. The minimum Gasteiger partial charge on any atom is -0.493 e. The molecule has 9 heteroatoms. The van der Waals surface area contributed by atoms with Crippen LogP contribution in [-0.4, -0.2) is 55.9 Å². The molecule has 202 valence electrons. The number of ether oxygens (including phenoxy) is 4. The third-order valence-electron chi connectivity index (χ3n) is 6.98. The molecule has 1 aliphatic heterocycles. The Hall–Kier alpha value is -4.53. The molecule has 0 fully saturated rings. The quantitative estimate of drug-likeness (QED) is 0.234. The van der Waals surface area contributed by atoms with Crippen LogP contribution in [-0.2, 0) is 20.7 Å². The molecule has 0 bridgehead atoms. The van der Waals surface area contributed by atoms with Gasteiger partial charge in [-0.05, 0) is 48.7 Å². The van der Waals surface area contributed by atoms with E-state index in [0.29, 0.717) is 47.2 Å². The number of hydrogen-bond acceptors (Lipinski definition) is 7. The van der Waals surface area contributed by atoms with E-state index >= 15 is 0 Å². The zero-order valence-electron chi connectivity index (χ0n) is 22.4. The van der Waals surface area contributed by atoms with Crippen LogP contribution in [0.3, 0.4) is 0 Å². The van der Waals surface area contributed by atoms with Crippen molar-refractivity contribution < 1.29 is 28.5 Å². The van der Waals surface area contributed by atoms with Crippen molar-refractivity contribution in [3.8, 4) is 17.2 Å². The van der Waals surface area contributed by atoms with Crippen molar-refractivity contribution >= 4 is 28.9 Å². The van der Waals surface area contributed by atoms with E-state index in [-0.39, 0.29) is 12.5 Å². The molecule has 0 N–H and O–H groups in total. The van der Waals surface area contributed by atoms with Crippen LogP contribution in [0.4, 0.5) is 5.95 Å². The number of rotatable bonds is 9. The molecule has 1 aliphatic rings. The smallest absolute Gasteiger partial charge is 0.321 e. The van der Waals surface area contributed by atoms with Crippen LogP contribution in [0.25, 0.3) is 11.0 Å². The molecular formula is C30H31N3O6. The van der Waals surface area contributed by atoms with Gasteiger partial charge < -0.3 is 23.5 Å². The van der Waals surface area contributed by atoms with Gasteiger partial charge in [-0.3, -0.25) is 14.5 Å². The first-order chi connectivity index (χ1) is 19.0. The summed E-state index contributed by atoms with van der Waals surface area (Å²) in [6, 6.07) is 20.3. The number of fused-ring (bicyclic) bond motifs is 3. The van der Waals surface area contributed by atoms with Gasteiger partial charge in [0.15, 0.2) is 17.4 Å². The van der Waals surface area contributed by atoms with Crippen LogP contribution in [0.1, 0.15) is 24.1 Å². The molecule has 3 aromatic carbocycles. The number of amides is 1. The van der Waals surface area contributed by atoms with Gasteiger partial charge in [-0.15, -0.1) is 0 Å². The number of esters is 1. The van der Waals surface area contributed by atoms with Crippen molar-refractivity contribution in [2.45, 2.75) is 19.4 Å². The first kappa shape index (κ1) is 26.1. The summed E-state index contributed by atoms with van der Waals surface area (Å²) in [7, 11) is 4.58. The summed E-state index contributed by atoms with van der Waals surface area (Å²) in [6.45, 7) is 2.22. The SMILES string of the molecule is CCOC(=O)C1C(=O)N(CCc2ccccc2)c2nc3ccccc3n2C1c1cc(OC)c(OC)c(OC)c1. The zero-order chi connectivity index (χ0) is 27.5. The van der Waals surface area contributed by atoms with E-state index in [9.17, 15) is 9.59 Å². The molecule has 0 spiro atoms. The summed E-state index contributed by atoms with van der Waals surface area (Å²) >= 11 is 0. The molecule has 1 amide bonds. The van der Waals surface area contributed by atoms with Crippen molar-refractivity contribution in [3.05, 3.63) is 77.9 Å². The van der Waals surface area contributed by atoms with Crippen molar-refractivity contribution in [1.29, 1.82) is 0 Å². The average molecular weight is 530 g/mol. The first-order valence-electron chi connectivity index (χ1n) is 12.8. The number of anilines is 1. The monoisotopic (exact) mass is 529 g/mol. The van der Waals surface area contributed by atoms with Crippen molar-refractivity contribution in [2.75, 3.05) is 39.4 Å². The maximum Gasteiger partial charge on any atom is 0.321 e. The van der Waals surface area contributed by atoms with Crippen LogP contribution >= 0.6 is 0 Å². The van der Waals surface area contributed by atoms with Gasteiger partial charge in [0, 0.05) is 6.54 Å². The van der Waals surface area contributed by atoms with E-state index in [1.807, 2.05) is 59.2 Å². The third kappa shape index (κ3) is 4.65. The second-order valence-corrected chi connectivity index (χ2v) is 9.13. The number of para-hydroxylation sites is 2. The number of aromatic nitrogens is 2. The average Bonchev–Trinajstić information content (AvgIpc) is 3.35. The van der Waals surface area contributed by atoms with Gasteiger partial charge in [0.25, 0.3) is 0 Å². The lowest BCUT2D eigenvalue weighted by Gasteiger charge is -2.38. The maximum absolute atomic E-state index is 14.2. The Labute approximate surface area is 226 Å². The number of nitrogens with zero attached hydrogens (tertiary/aromatic N) is 3. The Morgan fingerprint density at radius 2 is 1.59 bits per heavy atom. The van der Waals surface area contributed by atoms with Crippen LogP contribution < -0.4 is 19.1 Å². The highest BCUT2D eigenvalue weighted by Crippen LogP contribution is 2.46. The molecule has 39 heavy (non-hydrogen) atoms. The van der Waals surface area contributed by atoms with Gasteiger partial charge in [0.2, 0.25) is 17.6 Å². The fourth-order valence-corrected chi connectivity index (χ4v) is 5.22. The molecule has 1 aromatic heterocycles. The van der Waals surface area contributed by atoms with E-state index in [0.717, 1.165) is 11.1 Å². The fraction of sp³-hybridized carbons (Fsp3) is 0.300. The summed E-state index contributed by atoms with van der Waals surface area (Å²) in [6.07, 6.45) is 0.597. The molecule has 0 saturated carbocycles. The Morgan fingerprint density at radius 3 is 2.23 bits per heavy atom. The summed E-state index contributed by atoms with van der Waals surface area (Å²) < 4.78 is 24.1. The van der Waals surface area contributed by atoms with Crippen LogP contribution in [0.2, 0.25) is 0 Å². The number of carbonyl (C=O) groups is 2. The van der Waals surface area contributed by atoms with Crippen molar-refractivity contribution in [1.82, 2.24) is 9.55 Å². The van der Waals surface area contributed by atoms with E-state index in [1.165, 1.54) is 21.3 Å². The summed E-state index contributed by atoms with van der Waals surface area (Å²) in [5, 5.41) is 0. The van der Waals surface area contributed by atoms with Crippen LogP contribution in [0, 0.1) is 5.92 Å². The van der Waals surface area contributed by atoms with Gasteiger partial charge in [-0.25, -0.2) is 4.98 Å². The highest BCUT2D eigenvalue weighted by molar-refractivity contribution is 6.08. The Bertz CT molecular complexity index is 1470. The number of carbonyl (C=O) groups excluding carboxylic acids is 2. The minimum absolute atomic E-state index is 0.145. The van der Waals surface area contributed by atoms with Gasteiger partial charge in [0.1, 0.15) is 0 Å². The van der Waals surface area contributed by atoms with E-state index < -0.39 is 17.9 Å². The molecule has 2 unspecified atom stereocenters. The Kier molecular flexibility index (Phi) is 7.40. The van der Waals surface area contributed by atoms with Gasteiger partial charge in [-0.1, -0.05) is 42.5 Å². The molecule has 2 atom stereocenters. The zero-order valence-corrected chi connectivity index (χ0v) is 22.4. The highest BCUT2D eigenvalue weighted by atomic mass is 16.5. The molecule has 5 rings (SSSR count). The lowest BCUT2D eigenvalue weighted by atomic mass is 9.88. The molecule has 9 nitrogen and oxygen atoms in total. The molecule has 4 aromatic rings.